The molecule has 1 aliphatic rings. The molecule has 1 saturated heterocycles. The molecular weight excluding hydrogens is 308 g/mol. The molecule has 0 spiro atoms. The Bertz CT molecular complexity index is 751. The Morgan fingerprint density at radius 1 is 1.29 bits per heavy atom. The summed E-state index contributed by atoms with van der Waals surface area (Å²) in [7, 11) is 0. The zero-order chi connectivity index (χ0) is 14.1. The summed E-state index contributed by atoms with van der Waals surface area (Å²) < 4.78 is 7.29. The fourth-order valence-electron chi connectivity index (χ4n) is 2.35. The number of ether oxygens (including phenoxy) is 1. The molecule has 4 rings (SSSR count). The molecule has 0 aromatic carbocycles. The van der Waals surface area contributed by atoms with Gasteiger partial charge in [0, 0.05) is 18.6 Å². The maximum Gasteiger partial charge on any atom is 0.215 e. The molecule has 0 atom stereocenters. The summed E-state index contributed by atoms with van der Waals surface area (Å²) in [6.45, 7) is 1.52. The highest BCUT2D eigenvalue weighted by molar-refractivity contribution is 7.99. The summed E-state index contributed by atoms with van der Waals surface area (Å²) in [6, 6.07) is 2.33. The quantitative estimate of drug-likeness (QED) is 0.684. The van der Waals surface area contributed by atoms with Gasteiger partial charge in [0.15, 0.2) is 0 Å². The van der Waals surface area contributed by atoms with Crippen LogP contribution in [0.3, 0.4) is 0 Å². The van der Waals surface area contributed by atoms with Crippen LogP contribution < -0.4 is 0 Å². The number of hydrogen-bond acceptors (Lipinski definition) is 8. The number of rotatable bonds is 3. The van der Waals surface area contributed by atoms with E-state index in [-0.39, 0.29) is 0 Å². The van der Waals surface area contributed by atoms with Gasteiger partial charge in [0.2, 0.25) is 5.16 Å². The third-order valence-electron chi connectivity index (χ3n) is 3.41. The SMILES string of the molecule is c1nc(Sc2nnnn2C2CCOCC2)c2ccsc2n1. The third kappa shape index (κ3) is 2.52. The molecule has 3 aromatic rings. The highest BCUT2D eigenvalue weighted by atomic mass is 32.2. The Balaban J connectivity index is 1.65. The largest absolute Gasteiger partial charge is 0.381 e. The van der Waals surface area contributed by atoms with Gasteiger partial charge in [-0.2, -0.15) is 0 Å². The minimum atomic E-state index is 0.302. The second-order valence-corrected chi connectivity index (χ2v) is 6.52. The van der Waals surface area contributed by atoms with Crippen molar-refractivity contribution in [3.63, 3.8) is 0 Å². The Morgan fingerprint density at radius 2 is 2.19 bits per heavy atom. The molecule has 1 aliphatic heterocycles. The molecule has 0 aliphatic carbocycles. The molecule has 0 saturated carbocycles. The molecule has 7 nitrogen and oxygen atoms in total. The van der Waals surface area contributed by atoms with Crippen LogP contribution in [0.1, 0.15) is 18.9 Å². The van der Waals surface area contributed by atoms with E-state index in [0.29, 0.717) is 6.04 Å². The molecule has 0 bridgehead atoms. The van der Waals surface area contributed by atoms with Crippen LogP contribution >= 0.6 is 23.1 Å². The minimum Gasteiger partial charge on any atom is -0.381 e. The summed E-state index contributed by atoms with van der Waals surface area (Å²) in [6.07, 6.45) is 3.47. The van der Waals surface area contributed by atoms with Crippen molar-refractivity contribution < 1.29 is 4.74 Å². The summed E-state index contributed by atoms with van der Waals surface area (Å²) >= 11 is 3.10. The number of tetrazole rings is 1. The summed E-state index contributed by atoms with van der Waals surface area (Å²) in [5.41, 5.74) is 0. The first-order valence-electron chi connectivity index (χ1n) is 6.63. The molecule has 108 valence electrons. The van der Waals surface area contributed by atoms with E-state index in [4.69, 9.17) is 4.74 Å². The van der Waals surface area contributed by atoms with E-state index in [1.165, 1.54) is 11.8 Å². The van der Waals surface area contributed by atoms with Crippen LogP contribution in [0.2, 0.25) is 0 Å². The van der Waals surface area contributed by atoms with Crippen molar-refractivity contribution in [2.75, 3.05) is 13.2 Å². The number of hydrogen-bond donors (Lipinski definition) is 0. The molecule has 3 aromatic heterocycles. The Morgan fingerprint density at radius 3 is 3.10 bits per heavy atom. The average molecular weight is 320 g/mol. The number of fused-ring (bicyclic) bond motifs is 1. The molecule has 0 radical (unpaired) electrons. The van der Waals surface area contributed by atoms with Gasteiger partial charge in [-0.15, -0.1) is 16.4 Å². The highest BCUT2D eigenvalue weighted by Crippen LogP contribution is 2.33. The van der Waals surface area contributed by atoms with Gasteiger partial charge in [0.1, 0.15) is 16.2 Å². The van der Waals surface area contributed by atoms with Crippen LogP contribution in [0.4, 0.5) is 0 Å². The van der Waals surface area contributed by atoms with Gasteiger partial charge >= 0.3 is 0 Å². The van der Waals surface area contributed by atoms with Gasteiger partial charge in [-0.3, -0.25) is 0 Å². The Hall–Kier alpha value is -1.58. The first-order chi connectivity index (χ1) is 10.4. The van der Waals surface area contributed by atoms with Gasteiger partial charge in [-0.25, -0.2) is 14.6 Å². The Labute approximate surface area is 128 Å². The molecular formula is C12H12N6OS2. The predicted molar refractivity (Wildman–Crippen MR) is 78.4 cm³/mol. The normalized spacial score (nSPS) is 16.6. The van der Waals surface area contributed by atoms with Gasteiger partial charge < -0.3 is 4.74 Å². The second kappa shape index (κ2) is 5.66. The van der Waals surface area contributed by atoms with Crippen molar-refractivity contribution in [2.24, 2.45) is 0 Å². The first-order valence-corrected chi connectivity index (χ1v) is 8.33. The van der Waals surface area contributed by atoms with Crippen molar-refractivity contribution in [1.82, 2.24) is 30.2 Å². The molecule has 1 fully saturated rings. The van der Waals surface area contributed by atoms with E-state index in [1.807, 2.05) is 16.1 Å². The molecule has 0 N–H and O–H groups in total. The molecule has 9 heteroatoms. The average Bonchev–Trinajstić information content (AvgIpc) is 3.17. The van der Waals surface area contributed by atoms with E-state index in [0.717, 1.165) is 46.5 Å². The number of aromatic nitrogens is 6. The third-order valence-corrected chi connectivity index (χ3v) is 5.20. The highest BCUT2D eigenvalue weighted by Gasteiger charge is 2.21. The van der Waals surface area contributed by atoms with E-state index < -0.39 is 0 Å². The van der Waals surface area contributed by atoms with Gasteiger partial charge in [-0.1, -0.05) is 0 Å². The number of thiophene rings is 1. The van der Waals surface area contributed by atoms with Crippen molar-refractivity contribution >= 4 is 33.3 Å². The summed E-state index contributed by atoms with van der Waals surface area (Å²) in [5.74, 6) is 0. The molecule has 21 heavy (non-hydrogen) atoms. The van der Waals surface area contributed by atoms with Gasteiger partial charge in [0.25, 0.3) is 0 Å². The van der Waals surface area contributed by atoms with Crippen molar-refractivity contribution in [2.45, 2.75) is 29.1 Å². The molecule has 4 heterocycles. The lowest BCUT2D eigenvalue weighted by molar-refractivity contribution is 0.0631. The second-order valence-electron chi connectivity index (χ2n) is 4.67. The predicted octanol–water partition coefficient (Wildman–Crippen LogP) is 2.18. The standard InChI is InChI=1S/C12H12N6OS2/c1-4-19-5-2-8(1)18-12(15-16-17-18)21-11-9-3-6-20-10(9)13-7-14-11/h3,6-8H,1-2,4-5H2. The molecule has 0 unspecified atom stereocenters. The van der Waals surface area contributed by atoms with Crippen molar-refractivity contribution in [3.8, 4) is 0 Å². The fraction of sp³-hybridized carbons (Fsp3) is 0.417. The fourth-order valence-corrected chi connectivity index (χ4v) is 4.05. The summed E-state index contributed by atoms with van der Waals surface area (Å²) in [5, 5.41) is 16.8. The lowest BCUT2D eigenvalue weighted by atomic mass is 10.1. The lowest BCUT2D eigenvalue weighted by Gasteiger charge is -2.22. The van der Waals surface area contributed by atoms with Crippen LogP contribution in [0.15, 0.2) is 28.0 Å². The van der Waals surface area contributed by atoms with E-state index in [9.17, 15) is 0 Å². The van der Waals surface area contributed by atoms with Crippen molar-refractivity contribution in [1.29, 1.82) is 0 Å². The minimum absolute atomic E-state index is 0.302. The summed E-state index contributed by atoms with van der Waals surface area (Å²) in [4.78, 5) is 9.61. The van der Waals surface area contributed by atoms with Crippen LogP contribution in [0, 0.1) is 0 Å². The van der Waals surface area contributed by atoms with Crippen LogP contribution in [-0.4, -0.2) is 43.4 Å². The maximum absolute atomic E-state index is 5.40. The zero-order valence-corrected chi connectivity index (χ0v) is 12.7. The number of nitrogens with zero attached hydrogens (tertiary/aromatic N) is 6. The topological polar surface area (TPSA) is 78.6 Å². The Kier molecular flexibility index (Phi) is 3.53. The van der Waals surface area contributed by atoms with Gasteiger partial charge in [0.05, 0.1) is 6.04 Å². The van der Waals surface area contributed by atoms with Gasteiger partial charge in [-0.05, 0) is 46.5 Å². The van der Waals surface area contributed by atoms with E-state index in [1.54, 1.807) is 17.7 Å². The van der Waals surface area contributed by atoms with Crippen molar-refractivity contribution in [3.05, 3.63) is 17.8 Å². The van der Waals surface area contributed by atoms with E-state index >= 15 is 0 Å². The smallest absolute Gasteiger partial charge is 0.215 e. The first kappa shape index (κ1) is 13.1. The maximum atomic E-state index is 5.40. The van der Waals surface area contributed by atoms with Crippen LogP contribution in [0.5, 0.6) is 0 Å². The van der Waals surface area contributed by atoms with Crippen LogP contribution in [-0.2, 0) is 4.74 Å². The lowest BCUT2D eigenvalue weighted by Crippen LogP contribution is -2.21. The monoisotopic (exact) mass is 320 g/mol. The molecule has 0 amide bonds. The van der Waals surface area contributed by atoms with E-state index in [2.05, 4.69) is 25.5 Å². The zero-order valence-electron chi connectivity index (χ0n) is 11.0. The van der Waals surface area contributed by atoms with Crippen LogP contribution in [0.25, 0.3) is 10.2 Å².